The summed E-state index contributed by atoms with van der Waals surface area (Å²) in [6, 6.07) is 9.29. The predicted octanol–water partition coefficient (Wildman–Crippen LogP) is 3.26. The molecule has 8 nitrogen and oxygen atoms in total. The van der Waals surface area contributed by atoms with Crippen LogP contribution in [0.25, 0.3) is 6.08 Å². The summed E-state index contributed by atoms with van der Waals surface area (Å²) in [7, 11) is 2.89. The highest BCUT2D eigenvalue weighted by Gasteiger charge is 2.30. The number of carbonyl (C=O) groups is 3. The Morgan fingerprint density at radius 1 is 1.24 bits per heavy atom. The first-order chi connectivity index (χ1) is 13.8. The highest BCUT2D eigenvalue weighted by molar-refractivity contribution is 9.10. The molecule has 1 aliphatic heterocycles. The molecule has 3 amide bonds. The van der Waals surface area contributed by atoms with Gasteiger partial charge in [0.05, 0.1) is 17.1 Å². The zero-order chi connectivity index (χ0) is 21.1. The van der Waals surface area contributed by atoms with Gasteiger partial charge in [-0.3, -0.25) is 9.69 Å². The van der Waals surface area contributed by atoms with Crippen LogP contribution >= 0.6 is 15.9 Å². The zero-order valence-corrected chi connectivity index (χ0v) is 17.1. The second-order valence-corrected chi connectivity index (χ2v) is 7.03. The van der Waals surface area contributed by atoms with Crippen molar-refractivity contribution < 1.29 is 29.0 Å². The topological polar surface area (TPSA) is 105 Å². The fourth-order valence-corrected chi connectivity index (χ4v) is 3.23. The first kappa shape index (κ1) is 20.4. The third-order valence-corrected chi connectivity index (χ3v) is 4.82. The Morgan fingerprint density at radius 3 is 2.48 bits per heavy atom. The van der Waals surface area contributed by atoms with Crippen LogP contribution in [-0.2, 0) is 11.4 Å². The number of carboxylic acid groups (broad SMARTS) is 1. The average Bonchev–Trinajstić information content (AvgIpc) is 2.93. The normalized spacial score (nSPS) is 14.9. The SMILES string of the molecule is COc1cc(/C=C2/NC(=O)N(C)C2=O)cc(Br)c1OCc1ccc(C(=O)O)cc1. The number of nitrogens with zero attached hydrogens (tertiary/aromatic N) is 1. The number of halogens is 1. The number of imide groups is 1. The van der Waals surface area contributed by atoms with Crippen LogP contribution in [0.2, 0.25) is 0 Å². The highest BCUT2D eigenvalue weighted by atomic mass is 79.9. The second-order valence-electron chi connectivity index (χ2n) is 6.18. The van der Waals surface area contributed by atoms with Crippen LogP contribution in [0.4, 0.5) is 4.79 Å². The molecule has 2 N–H and O–H groups in total. The van der Waals surface area contributed by atoms with E-state index in [1.54, 1.807) is 30.3 Å². The van der Waals surface area contributed by atoms with E-state index >= 15 is 0 Å². The van der Waals surface area contributed by atoms with Crippen molar-refractivity contribution in [1.82, 2.24) is 10.2 Å². The number of ether oxygens (including phenoxy) is 2. The number of carbonyl (C=O) groups excluding carboxylic acids is 2. The van der Waals surface area contributed by atoms with Crippen LogP contribution in [0, 0.1) is 0 Å². The highest BCUT2D eigenvalue weighted by Crippen LogP contribution is 2.38. The Hall–Kier alpha value is -3.33. The summed E-state index contributed by atoms with van der Waals surface area (Å²) in [6.07, 6.45) is 1.55. The smallest absolute Gasteiger partial charge is 0.335 e. The van der Waals surface area contributed by atoms with Crippen molar-refractivity contribution in [3.63, 3.8) is 0 Å². The van der Waals surface area contributed by atoms with Gasteiger partial charge in [-0.25, -0.2) is 9.59 Å². The van der Waals surface area contributed by atoms with Crippen molar-refractivity contribution in [1.29, 1.82) is 0 Å². The van der Waals surface area contributed by atoms with E-state index in [4.69, 9.17) is 14.6 Å². The van der Waals surface area contributed by atoms with E-state index in [9.17, 15) is 14.4 Å². The van der Waals surface area contributed by atoms with Crippen molar-refractivity contribution in [2.45, 2.75) is 6.61 Å². The van der Waals surface area contributed by atoms with Crippen LogP contribution in [0.15, 0.2) is 46.6 Å². The van der Waals surface area contributed by atoms with Gasteiger partial charge in [-0.05, 0) is 57.4 Å². The maximum atomic E-state index is 12.0. The summed E-state index contributed by atoms with van der Waals surface area (Å²) >= 11 is 3.44. The lowest BCUT2D eigenvalue weighted by Crippen LogP contribution is -2.25. The number of likely N-dealkylation sites (N-methyl/N-ethyl adjacent to an activating group) is 1. The molecule has 2 aromatic carbocycles. The first-order valence-corrected chi connectivity index (χ1v) is 9.22. The van der Waals surface area contributed by atoms with Crippen LogP contribution in [-0.4, -0.2) is 42.1 Å². The van der Waals surface area contributed by atoms with E-state index in [0.717, 1.165) is 10.5 Å². The number of rotatable bonds is 6. The molecule has 1 saturated heterocycles. The van der Waals surface area contributed by atoms with Gasteiger partial charge in [-0.1, -0.05) is 12.1 Å². The molecule has 0 bridgehead atoms. The number of aromatic carboxylic acids is 1. The standard InChI is InChI=1S/C20H17BrN2O6/c1-23-18(24)15(22-20(23)27)8-12-7-14(21)17(16(9-12)28-2)29-10-11-3-5-13(6-4-11)19(25)26/h3-9H,10H2,1-2H3,(H,22,27)(H,25,26)/b15-8+. The lowest BCUT2D eigenvalue weighted by Gasteiger charge is -2.14. The molecule has 0 atom stereocenters. The number of hydrogen-bond acceptors (Lipinski definition) is 5. The maximum Gasteiger partial charge on any atom is 0.335 e. The molecule has 0 saturated carbocycles. The number of amides is 3. The van der Waals surface area contributed by atoms with Crippen molar-refractivity contribution in [2.75, 3.05) is 14.2 Å². The van der Waals surface area contributed by atoms with Crippen molar-refractivity contribution in [3.8, 4) is 11.5 Å². The number of nitrogens with one attached hydrogen (secondary N) is 1. The monoisotopic (exact) mass is 460 g/mol. The largest absolute Gasteiger partial charge is 0.493 e. The van der Waals surface area contributed by atoms with Crippen LogP contribution < -0.4 is 14.8 Å². The number of urea groups is 1. The Balaban J connectivity index is 1.81. The van der Waals surface area contributed by atoms with Gasteiger partial charge < -0.3 is 19.9 Å². The Morgan fingerprint density at radius 2 is 1.93 bits per heavy atom. The summed E-state index contributed by atoms with van der Waals surface area (Å²) in [6.45, 7) is 0.203. The summed E-state index contributed by atoms with van der Waals surface area (Å²) in [5.74, 6) is -0.528. The van der Waals surface area contributed by atoms with Gasteiger partial charge in [0.2, 0.25) is 0 Å². The second kappa shape index (κ2) is 8.36. The molecule has 1 heterocycles. The molecule has 1 fully saturated rings. The van der Waals surface area contributed by atoms with E-state index in [1.165, 1.54) is 26.3 Å². The van der Waals surface area contributed by atoms with E-state index < -0.39 is 17.9 Å². The molecule has 1 aliphatic rings. The van der Waals surface area contributed by atoms with E-state index in [2.05, 4.69) is 21.2 Å². The van der Waals surface area contributed by atoms with Gasteiger partial charge in [0, 0.05) is 7.05 Å². The third-order valence-electron chi connectivity index (χ3n) is 4.23. The predicted molar refractivity (Wildman–Crippen MR) is 108 cm³/mol. The maximum absolute atomic E-state index is 12.0. The summed E-state index contributed by atoms with van der Waals surface area (Å²) in [5, 5.41) is 11.5. The molecule has 0 aliphatic carbocycles. The van der Waals surface area contributed by atoms with Crippen LogP contribution in [0.5, 0.6) is 11.5 Å². The quantitative estimate of drug-likeness (QED) is 0.506. The molecule has 0 aromatic heterocycles. The van der Waals surface area contributed by atoms with E-state index in [0.29, 0.717) is 21.5 Å². The molecule has 3 rings (SSSR count). The molecule has 0 unspecified atom stereocenters. The van der Waals surface area contributed by atoms with Gasteiger partial charge in [0.15, 0.2) is 11.5 Å². The summed E-state index contributed by atoms with van der Waals surface area (Å²) in [5.41, 5.74) is 1.78. The number of hydrogen-bond donors (Lipinski definition) is 2. The molecule has 150 valence electrons. The fourth-order valence-electron chi connectivity index (χ4n) is 2.65. The zero-order valence-electron chi connectivity index (χ0n) is 15.6. The molecule has 2 aromatic rings. The number of carboxylic acids is 1. The van der Waals surface area contributed by atoms with Gasteiger partial charge in [0.25, 0.3) is 5.91 Å². The molecular weight excluding hydrogens is 444 g/mol. The number of methoxy groups -OCH3 is 1. The van der Waals surface area contributed by atoms with Crippen LogP contribution in [0.3, 0.4) is 0 Å². The molecule has 0 spiro atoms. The van der Waals surface area contributed by atoms with Gasteiger partial charge in [0.1, 0.15) is 12.3 Å². The van der Waals surface area contributed by atoms with Crippen molar-refractivity contribution in [3.05, 3.63) is 63.3 Å². The van der Waals surface area contributed by atoms with Crippen molar-refractivity contribution in [2.24, 2.45) is 0 Å². The third kappa shape index (κ3) is 4.40. The summed E-state index contributed by atoms with van der Waals surface area (Å²) < 4.78 is 11.8. The van der Waals surface area contributed by atoms with Gasteiger partial charge >= 0.3 is 12.0 Å². The lowest BCUT2D eigenvalue weighted by molar-refractivity contribution is -0.121. The van der Waals surface area contributed by atoms with Crippen LogP contribution in [0.1, 0.15) is 21.5 Å². The molecule has 0 radical (unpaired) electrons. The minimum Gasteiger partial charge on any atom is -0.493 e. The molecule has 29 heavy (non-hydrogen) atoms. The molecular formula is C20H17BrN2O6. The first-order valence-electron chi connectivity index (χ1n) is 8.43. The Kier molecular flexibility index (Phi) is 5.88. The average molecular weight is 461 g/mol. The fraction of sp³-hybridized carbons (Fsp3) is 0.150. The minimum absolute atomic E-state index is 0.165. The lowest BCUT2D eigenvalue weighted by atomic mass is 10.1. The molecule has 9 heteroatoms. The van der Waals surface area contributed by atoms with E-state index in [-0.39, 0.29) is 17.9 Å². The van der Waals surface area contributed by atoms with E-state index in [1.807, 2.05) is 0 Å². The summed E-state index contributed by atoms with van der Waals surface area (Å²) in [4.78, 5) is 35.5. The van der Waals surface area contributed by atoms with Crippen molar-refractivity contribution >= 4 is 39.9 Å². The minimum atomic E-state index is -0.991. The number of benzene rings is 2. The Bertz CT molecular complexity index is 1020. The van der Waals surface area contributed by atoms with Gasteiger partial charge in [-0.2, -0.15) is 0 Å². The Labute approximate surface area is 174 Å². The van der Waals surface area contributed by atoms with Gasteiger partial charge in [-0.15, -0.1) is 0 Å².